The van der Waals surface area contributed by atoms with Crippen LogP contribution < -0.4 is 0 Å². The number of nitrogens with zero attached hydrogens (tertiary/aromatic N) is 1. The zero-order valence-corrected chi connectivity index (χ0v) is 8.15. The van der Waals surface area contributed by atoms with Crippen molar-refractivity contribution in [3.63, 3.8) is 0 Å². The number of hydrogen-bond acceptors (Lipinski definition) is 3. The number of hydrogen-bond donors (Lipinski definition) is 1. The van der Waals surface area contributed by atoms with E-state index >= 15 is 0 Å². The number of carbonyl (C=O) groups excluding carboxylic acids is 1. The highest BCUT2D eigenvalue weighted by molar-refractivity contribution is 5.74. The molecule has 4 heteroatoms. The minimum atomic E-state index is -0.245. The zero-order chi connectivity index (χ0) is 10.4. The van der Waals surface area contributed by atoms with Crippen LogP contribution >= 0.6 is 0 Å². The van der Waals surface area contributed by atoms with Gasteiger partial charge in [0.25, 0.3) is 0 Å². The number of aromatic nitrogens is 2. The first-order valence-corrected chi connectivity index (χ1v) is 4.16. The first kappa shape index (κ1) is 10.2. The standard InChI is InChI=1S/C7H6N2.C3H6O2/c1-2-6-3-5-9-7(6)8-4-1;1-3(4)5-2/h1-5H,(H,8,9);1-2H3. The molecule has 0 unspecified atom stereocenters. The van der Waals surface area contributed by atoms with Gasteiger partial charge in [-0.25, -0.2) is 4.98 Å². The second-order valence-electron chi connectivity index (χ2n) is 2.61. The van der Waals surface area contributed by atoms with Gasteiger partial charge < -0.3 is 9.72 Å². The van der Waals surface area contributed by atoms with Crippen LogP contribution in [-0.2, 0) is 9.53 Å². The lowest BCUT2D eigenvalue weighted by Gasteiger charge is -1.82. The van der Waals surface area contributed by atoms with Crippen molar-refractivity contribution in [1.82, 2.24) is 9.97 Å². The maximum Gasteiger partial charge on any atom is 0.302 e. The van der Waals surface area contributed by atoms with Crippen LogP contribution in [0.15, 0.2) is 30.6 Å². The summed E-state index contributed by atoms with van der Waals surface area (Å²) < 4.78 is 4.11. The average molecular weight is 192 g/mol. The van der Waals surface area contributed by atoms with Gasteiger partial charge in [-0.2, -0.15) is 0 Å². The second kappa shape index (κ2) is 5.01. The molecule has 0 spiro atoms. The summed E-state index contributed by atoms with van der Waals surface area (Å²) >= 11 is 0. The van der Waals surface area contributed by atoms with Gasteiger partial charge in [0.15, 0.2) is 0 Å². The van der Waals surface area contributed by atoms with Crippen LogP contribution in [0.3, 0.4) is 0 Å². The Labute approximate surface area is 81.9 Å². The van der Waals surface area contributed by atoms with Gasteiger partial charge in [0.05, 0.1) is 7.11 Å². The molecule has 2 rings (SSSR count). The van der Waals surface area contributed by atoms with Gasteiger partial charge in [-0.05, 0) is 18.2 Å². The van der Waals surface area contributed by atoms with Crippen molar-refractivity contribution in [2.45, 2.75) is 6.92 Å². The van der Waals surface area contributed by atoms with Gasteiger partial charge in [0.1, 0.15) is 5.65 Å². The Hall–Kier alpha value is -1.84. The molecule has 1 N–H and O–H groups in total. The summed E-state index contributed by atoms with van der Waals surface area (Å²) in [5.74, 6) is -0.245. The summed E-state index contributed by atoms with van der Waals surface area (Å²) in [4.78, 5) is 16.7. The van der Waals surface area contributed by atoms with E-state index in [4.69, 9.17) is 0 Å². The SMILES string of the molecule is COC(C)=O.c1cnc2[nH]ccc2c1. The number of methoxy groups -OCH3 is 1. The Kier molecular flexibility index (Phi) is 3.67. The molecule has 0 aliphatic heterocycles. The molecule has 0 saturated carbocycles. The molecule has 0 aromatic carbocycles. The normalized spacial score (nSPS) is 9.00. The minimum absolute atomic E-state index is 0.245. The van der Waals surface area contributed by atoms with Gasteiger partial charge in [-0.1, -0.05) is 0 Å². The number of H-pyrrole nitrogens is 1. The fourth-order valence-electron chi connectivity index (χ4n) is 0.883. The van der Waals surface area contributed by atoms with Crippen LogP contribution in [0.1, 0.15) is 6.92 Å². The lowest BCUT2D eigenvalue weighted by Crippen LogP contribution is -1.88. The third-order valence-corrected chi connectivity index (χ3v) is 1.61. The first-order valence-electron chi connectivity index (χ1n) is 4.16. The van der Waals surface area contributed by atoms with Crippen molar-refractivity contribution < 1.29 is 9.53 Å². The summed E-state index contributed by atoms with van der Waals surface area (Å²) in [6.45, 7) is 1.36. The number of carbonyl (C=O) groups is 1. The number of rotatable bonds is 0. The highest BCUT2D eigenvalue weighted by Gasteiger charge is 1.88. The second-order valence-corrected chi connectivity index (χ2v) is 2.61. The lowest BCUT2D eigenvalue weighted by atomic mass is 10.3. The van der Waals surface area contributed by atoms with Gasteiger partial charge in [-0.15, -0.1) is 0 Å². The molecule has 0 fully saturated rings. The fraction of sp³-hybridized carbons (Fsp3) is 0.200. The van der Waals surface area contributed by atoms with Crippen molar-refractivity contribution in [2.24, 2.45) is 0 Å². The summed E-state index contributed by atoms with van der Waals surface area (Å²) in [7, 11) is 1.35. The largest absolute Gasteiger partial charge is 0.469 e. The molecule has 4 nitrogen and oxygen atoms in total. The van der Waals surface area contributed by atoms with Gasteiger partial charge in [0, 0.05) is 24.7 Å². The van der Waals surface area contributed by atoms with E-state index in [0.29, 0.717) is 0 Å². The van der Waals surface area contributed by atoms with Gasteiger partial charge in [0.2, 0.25) is 0 Å². The van der Waals surface area contributed by atoms with Gasteiger partial charge >= 0.3 is 5.97 Å². The summed E-state index contributed by atoms with van der Waals surface area (Å²) in [6.07, 6.45) is 3.66. The molecule has 74 valence electrons. The van der Waals surface area contributed by atoms with E-state index in [1.54, 1.807) is 6.20 Å². The minimum Gasteiger partial charge on any atom is -0.469 e. The number of nitrogens with one attached hydrogen (secondary N) is 1. The highest BCUT2D eigenvalue weighted by Crippen LogP contribution is 2.05. The van der Waals surface area contributed by atoms with E-state index in [0.717, 1.165) is 11.0 Å². The number of esters is 1. The number of pyridine rings is 1. The molecule has 0 bridgehead atoms. The quantitative estimate of drug-likeness (QED) is 0.647. The zero-order valence-electron chi connectivity index (χ0n) is 8.15. The third-order valence-electron chi connectivity index (χ3n) is 1.61. The lowest BCUT2D eigenvalue weighted by molar-refractivity contribution is -0.137. The van der Waals surface area contributed by atoms with E-state index in [1.807, 2.05) is 24.4 Å². The Bertz CT molecular complexity index is 379. The van der Waals surface area contributed by atoms with Crippen LogP contribution in [0.4, 0.5) is 0 Å². The Morgan fingerprint density at radius 3 is 2.79 bits per heavy atom. The Morgan fingerprint density at radius 2 is 2.21 bits per heavy atom. The van der Waals surface area contributed by atoms with Crippen molar-refractivity contribution in [2.75, 3.05) is 7.11 Å². The first-order chi connectivity index (χ1) is 6.74. The van der Waals surface area contributed by atoms with Crippen molar-refractivity contribution in [3.8, 4) is 0 Å². The summed E-state index contributed by atoms with van der Waals surface area (Å²) in [5.41, 5.74) is 0.956. The maximum atomic E-state index is 9.59. The predicted molar refractivity (Wildman–Crippen MR) is 53.8 cm³/mol. The summed E-state index contributed by atoms with van der Waals surface area (Å²) in [5, 5.41) is 1.16. The smallest absolute Gasteiger partial charge is 0.302 e. The topological polar surface area (TPSA) is 55.0 Å². The van der Waals surface area contributed by atoms with Crippen molar-refractivity contribution in [1.29, 1.82) is 0 Å². The highest BCUT2D eigenvalue weighted by atomic mass is 16.5. The van der Waals surface area contributed by atoms with Gasteiger partial charge in [-0.3, -0.25) is 4.79 Å². The monoisotopic (exact) mass is 192 g/mol. The Balaban J connectivity index is 0.000000171. The molecule has 14 heavy (non-hydrogen) atoms. The molecule has 0 amide bonds. The average Bonchev–Trinajstić information content (AvgIpc) is 2.66. The fourth-order valence-corrected chi connectivity index (χ4v) is 0.883. The number of ether oxygens (including phenoxy) is 1. The van der Waals surface area contributed by atoms with Crippen molar-refractivity contribution >= 4 is 17.0 Å². The van der Waals surface area contributed by atoms with E-state index in [-0.39, 0.29) is 5.97 Å². The molecule has 2 aromatic rings. The van der Waals surface area contributed by atoms with E-state index in [1.165, 1.54) is 14.0 Å². The number of fused-ring (bicyclic) bond motifs is 1. The van der Waals surface area contributed by atoms with E-state index in [2.05, 4.69) is 14.7 Å². The molecular formula is C10H12N2O2. The maximum absolute atomic E-state index is 9.59. The number of aromatic amines is 1. The Morgan fingerprint density at radius 1 is 1.50 bits per heavy atom. The molecule has 0 aliphatic rings. The molecule has 2 heterocycles. The van der Waals surface area contributed by atoms with Crippen LogP contribution in [-0.4, -0.2) is 23.0 Å². The molecular weight excluding hydrogens is 180 g/mol. The molecule has 0 radical (unpaired) electrons. The van der Waals surface area contributed by atoms with E-state index < -0.39 is 0 Å². The van der Waals surface area contributed by atoms with E-state index in [9.17, 15) is 4.79 Å². The van der Waals surface area contributed by atoms with Crippen molar-refractivity contribution in [3.05, 3.63) is 30.6 Å². The molecule has 0 aliphatic carbocycles. The predicted octanol–water partition coefficient (Wildman–Crippen LogP) is 1.74. The molecule has 0 atom stereocenters. The molecule has 2 aromatic heterocycles. The van der Waals surface area contributed by atoms with Crippen LogP contribution in [0.2, 0.25) is 0 Å². The van der Waals surface area contributed by atoms with Crippen LogP contribution in [0, 0.1) is 0 Å². The van der Waals surface area contributed by atoms with Crippen LogP contribution in [0.25, 0.3) is 11.0 Å². The summed E-state index contributed by atoms with van der Waals surface area (Å²) in [6, 6.07) is 5.96. The third kappa shape index (κ3) is 2.90. The molecule has 0 saturated heterocycles. The van der Waals surface area contributed by atoms with Crippen LogP contribution in [0.5, 0.6) is 0 Å².